The molecule has 7 nitrogen and oxygen atoms in total. The van der Waals surface area contributed by atoms with E-state index in [2.05, 4.69) is 43.3 Å². The van der Waals surface area contributed by atoms with Crippen LogP contribution >= 0.6 is 23.8 Å². The van der Waals surface area contributed by atoms with Crippen molar-refractivity contribution in [3.8, 4) is 5.69 Å². The minimum absolute atomic E-state index is 0.0531. The Labute approximate surface area is 219 Å². The van der Waals surface area contributed by atoms with E-state index in [1.165, 1.54) is 7.11 Å². The molecule has 2 atom stereocenters. The smallest absolute Gasteiger partial charge is 0.250 e. The van der Waals surface area contributed by atoms with E-state index in [1.54, 1.807) is 12.3 Å². The van der Waals surface area contributed by atoms with Crippen molar-refractivity contribution in [2.45, 2.75) is 12.1 Å². The van der Waals surface area contributed by atoms with E-state index >= 15 is 0 Å². The van der Waals surface area contributed by atoms with Crippen molar-refractivity contribution < 1.29 is 9.53 Å². The Balaban J connectivity index is 1.58. The van der Waals surface area contributed by atoms with E-state index in [1.807, 2.05) is 60.8 Å². The van der Waals surface area contributed by atoms with E-state index in [0.29, 0.717) is 15.8 Å². The SMILES string of the molecule is COCC(=O)Nc1ccc(N2C(=S)N[C@@H](c3ccccn3)[C@@H]2c2cccn2-c2ccccc2)cc1Cl. The summed E-state index contributed by atoms with van der Waals surface area (Å²) in [5.41, 5.74) is 4.27. The molecule has 0 unspecified atom stereocenters. The molecule has 1 aliphatic rings. The number of hydrogen-bond acceptors (Lipinski definition) is 4. The van der Waals surface area contributed by atoms with Crippen LogP contribution in [-0.4, -0.2) is 34.3 Å². The lowest BCUT2D eigenvalue weighted by Crippen LogP contribution is -2.30. The van der Waals surface area contributed by atoms with Gasteiger partial charge in [-0.05, 0) is 66.8 Å². The zero-order valence-electron chi connectivity index (χ0n) is 19.5. The highest BCUT2D eigenvalue weighted by Gasteiger charge is 2.42. The van der Waals surface area contributed by atoms with Gasteiger partial charge in [-0.2, -0.15) is 0 Å². The molecule has 3 heterocycles. The quantitative estimate of drug-likeness (QED) is 0.325. The third-order valence-electron chi connectivity index (χ3n) is 6.00. The molecule has 1 amide bonds. The fourth-order valence-corrected chi connectivity index (χ4v) is 5.03. The Hall–Kier alpha value is -3.72. The maximum absolute atomic E-state index is 12.0. The molecule has 0 bridgehead atoms. The molecule has 0 radical (unpaired) electrons. The average Bonchev–Trinajstić information content (AvgIpc) is 3.51. The summed E-state index contributed by atoms with van der Waals surface area (Å²) in [4.78, 5) is 18.7. The fourth-order valence-electron chi connectivity index (χ4n) is 4.46. The lowest BCUT2D eigenvalue weighted by molar-refractivity contribution is -0.119. The molecule has 4 aromatic rings. The lowest BCUT2D eigenvalue weighted by Gasteiger charge is -2.29. The molecule has 1 saturated heterocycles. The van der Waals surface area contributed by atoms with Crippen LogP contribution in [0.25, 0.3) is 5.69 Å². The number of aromatic nitrogens is 2. The minimum Gasteiger partial charge on any atom is -0.375 e. The van der Waals surface area contributed by atoms with E-state index in [-0.39, 0.29) is 24.6 Å². The molecule has 1 fully saturated rings. The molecule has 2 aromatic carbocycles. The van der Waals surface area contributed by atoms with Crippen LogP contribution in [0.3, 0.4) is 0 Å². The molecule has 5 rings (SSSR count). The Morgan fingerprint density at radius 2 is 1.89 bits per heavy atom. The third-order valence-corrected chi connectivity index (χ3v) is 6.62. The van der Waals surface area contributed by atoms with Crippen LogP contribution in [0.2, 0.25) is 5.02 Å². The maximum atomic E-state index is 12.0. The number of methoxy groups -OCH3 is 1. The van der Waals surface area contributed by atoms with Crippen LogP contribution in [-0.2, 0) is 9.53 Å². The van der Waals surface area contributed by atoms with E-state index in [0.717, 1.165) is 22.8 Å². The molecule has 36 heavy (non-hydrogen) atoms. The number of rotatable bonds is 7. The first kappa shape index (κ1) is 24.0. The summed E-state index contributed by atoms with van der Waals surface area (Å²) in [6, 6.07) is 25.2. The first-order valence-corrected chi connectivity index (χ1v) is 12.2. The van der Waals surface area contributed by atoms with Gasteiger partial charge in [0.1, 0.15) is 12.6 Å². The lowest BCUT2D eigenvalue weighted by atomic mass is 10.0. The summed E-state index contributed by atoms with van der Waals surface area (Å²) >= 11 is 12.4. The van der Waals surface area contributed by atoms with Crippen molar-refractivity contribution in [2.75, 3.05) is 23.9 Å². The average molecular weight is 518 g/mol. The van der Waals surface area contributed by atoms with Gasteiger partial charge in [0.15, 0.2) is 5.11 Å². The van der Waals surface area contributed by atoms with Crippen molar-refractivity contribution in [3.63, 3.8) is 0 Å². The molecule has 182 valence electrons. The topological polar surface area (TPSA) is 71.4 Å². The molecule has 0 saturated carbocycles. The van der Waals surface area contributed by atoms with E-state index in [9.17, 15) is 4.79 Å². The highest BCUT2D eigenvalue weighted by molar-refractivity contribution is 7.80. The second-order valence-electron chi connectivity index (χ2n) is 8.28. The molecular weight excluding hydrogens is 494 g/mol. The molecular formula is C27H24ClN5O2S. The van der Waals surface area contributed by atoms with Gasteiger partial charge in [-0.3, -0.25) is 9.78 Å². The summed E-state index contributed by atoms with van der Waals surface area (Å²) in [5, 5.41) is 7.20. The van der Waals surface area contributed by atoms with Crippen LogP contribution < -0.4 is 15.5 Å². The van der Waals surface area contributed by atoms with Crippen molar-refractivity contribution in [3.05, 3.63) is 108 Å². The van der Waals surface area contributed by atoms with Gasteiger partial charge in [0.2, 0.25) is 5.91 Å². The zero-order valence-corrected chi connectivity index (χ0v) is 21.0. The van der Waals surface area contributed by atoms with Crippen molar-refractivity contribution in [1.82, 2.24) is 14.9 Å². The molecule has 1 aliphatic heterocycles. The number of benzene rings is 2. The number of carbonyl (C=O) groups is 1. The molecule has 0 aliphatic carbocycles. The predicted molar refractivity (Wildman–Crippen MR) is 146 cm³/mol. The van der Waals surface area contributed by atoms with Gasteiger partial charge in [0.05, 0.1) is 22.4 Å². The predicted octanol–water partition coefficient (Wildman–Crippen LogP) is 5.29. The number of nitrogens with zero attached hydrogens (tertiary/aromatic N) is 3. The van der Waals surface area contributed by atoms with E-state index in [4.69, 9.17) is 28.6 Å². The van der Waals surface area contributed by atoms with Crippen LogP contribution in [0, 0.1) is 0 Å². The number of hydrogen-bond donors (Lipinski definition) is 2. The largest absolute Gasteiger partial charge is 0.375 e. The Morgan fingerprint density at radius 1 is 1.08 bits per heavy atom. The van der Waals surface area contributed by atoms with Crippen LogP contribution in [0.15, 0.2) is 91.3 Å². The maximum Gasteiger partial charge on any atom is 0.250 e. The number of amides is 1. The highest BCUT2D eigenvalue weighted by atomic mass is 35.5. The van der Waals surface area contributed by atoms with E-state index < -0.39 is 0 Å². The molecule has 0 spiro atoms. The number of halogens is 1. The third kappa shape index (κ3) is 4.70. The minimum atomic E-state index is -0.278. The summed E-state index contributed by atoms with van der Waals surface area (Å²) in [7, 11) is 1.47. The second-order valence-corrected chi connectivity index (χ2v) is 9.07. The van der Waals surface area contributed by atoms with Gasteiger partial charge in [-0.25, -0.2) is 0 Å². The van der Waals surface area contributed by atoms with Crippen LogP contribution in [0.4, 0.5) is 11.4 Å². The number of ether oxygens (including phenoxy) is 1. The number of thiocarbonyl (C=S) groups is 1. The van der Waals surface area contributed by atoms with Crippen molar-refractivity contribution in [2.24, 2.45) is 0 Å². The Kier molecular flexibility index (Phi) is 6.99. The molecule has 2 aromatic heterocycles. The molecule has 9 heteroatoms. The molecule has 2 N–H and O–H groups in total. The van der Waals surface area contributed by atoms with Gasteiger partial charge >= 0.3 is 0 Å². The summed E-state index contributed by atoms with van der Waals surface area (Å²) in [6.07, 6.45) is 3.82. The first-order valence-electron chi connectivity index (χ1n) is 11.4. The van der Waals surface area contributed by atoms with Gasteiger partial charge in [-0.1, -0.05) is 35.9 Å². The number of para-hydroxylation sites is 1. The van der Waals surface area contributed by atoms with Crippen molar-refractivity contribution >= 4 is 46.2 Å². The normalized spacial score (nSPS) is 17.2. The number of carbonyl (C=O) groups excluding carboxylic acids is 1. The monoisotopic (exact) mass is 517 g/mol. The van der Waals surface area contributed by atoms with Gasteiger partial charge < -0.3 is 24.8 Å². The van der Waals surface area contributed by atoms with Crippen LogP contribution in [0.5, 0.6) is 0 Å². The fraction of sp³-hybridized carbons (Fsp3) is 0.148. The second kappa shape index (κ2) is 10.5. The standard InChI is InChI=1S/C27H24ClN5O2S/c1-35-17-24(34)30-21-13-12-19(16-20(21)28)33-26(25(31-27(33)36)22-10-5-6-14-29-22)23-11-7-15-32(23)18-8-3-2-4-9-18/h2-16,25-26H,17H2,1H3,(H,30,34)(H,31,36)/t25-,26-/m0/s1. The number of pyridine rings is 1. The Bertz CT molecular complexity index is 1380. The number of nitrogens with one attached hydrogen (secondary N) is 2. The summed E-state index contributed by atoms with van der Waals surface area (Å²) in [5.74, 6) is -0.278. The zero-order chi connectivity index (χ0) is 25.1. The summed E-state index contributed by atoms with van der Waals surface area (Å²) in [6.45, 7) is -0.0531. The Morgan fingerprint density at radius 3 is 2.61 bits per heavy atom. The number of anilines is 2. The van der Waals surface area contributed by atoms with Crippen LogP contribution in [0.1, 0.15) is 23.5 Å². The van der Waals surface area contributed by atoms with Gasteiger partial charge in [0, 0.05) is 36.6 Å². The van der Waals surface area contributed by atoms with Crippen molar-refractivity contribution in [1.29, 1.82) is 0 Å². The van der Waals surface area contributed by atoms with Gasteiger partial charge in [0.25, 0.3) is 0 Å². The summed E-state index contributed by atoms with van der Waals surface area (Å²) < 4.78 is 7.05. The van der Waals surface area contributed by atoms with Gasteiger partial charge in [-0.15, -0.1) is 0 Å². The first-order chi connectivity index (χ1) is 17.6. The highest BCUT2D eigenvalue weighted by Crippen LogP contribution is 2.43.